The molecule has 0 fully saturated rings. The van der Waals surface area contributed by atoms with Crippen molar-refractivity contribution < 1.29 is 4.84 Å². The van der Waals surface area contributed by atoms with Crippen molar-refractivity contribution in [3.05, 3.63) is 35.4 Å². The van der Waals surface area contributed by atoms with Crippen molar-refractivity contribution in [1.29, 1.82) is 0 Å². The zero-order valence-corrected chi connectivity index (χ0v) is 9.15. The second-order valence-corrected chi connectivity index (χ2v) is 3.96. The smallest absolute Gasteiger partial charge is 0.157 e. The van der Waals surface area contributed by atoms with Gasteiger partial charge in [0.05, 0.1) is 0 Å². The van der Waals surface area contributed by atoms with Crippen molar-refractivity contribution in [2.24, 2.45) is 5.16 Å². The predicted octanol–water partition coefficient (Wildman–Crippen LogP) is 3.48. The van der Waals surface area contributed by atoms with Gasteiger partial charge in [0, 0.05) is 12.6 Å². The molecule has 0 spiro atoms. The third kappa shape index (κ3) is 2.58. The molecule has 1 aliphatic rings. The highest BCUT2D eigenvalue weighted by Crippen LogP contribution is 2.24. The lowest BCUT2D eigenvalue weighted by Gasteiger charge is -2.08. The monoisotopic (exact) mass is 203 g/mol. The first-order valence-electron chi connectivity index (χ1n) is 5.66. The van der Waals surface area contributed by atoms with E-state index >= 15 is 0 Å². The molecule has 0 saturated heterocycles. The minimum absolute atomic E-state index is 0.144. The molecule has 0 saturated carbocycles. The maximum atomic E-state index is 5.23. The average Bonchev–Trinajstić information content (AvgIpc) is 2.80. The Bertz CT molecular complexity index is 321. The Hall–Kier alpha value is -1.31. The highest BCUT2D eigenvalue weighted by molar-refractivity contribution is 5.59. The van der Waals surface area contributed by atoms with Crippen LogP contribution in [0.15, 0.2) is 29.4 Å². The number of aryl methyl sites for hydroxylation is 1. The molecule has 1 heterocycles. The summed E-state index contributed by atoms with van der Waals surface area (Å²) >= 11 is 0. The van der Waals surface area contributed by atoms with Gasteiger partial charge in [-0.25, -0.2) is 0 Å². The molecule has 0 aliphatic carbocycles. The number of hydrogen-bond donors (Lipinski definition) is 0. The first-order chi connectivity index (χ1) is 7.40. The van der Waals surface area contributed by atoms with Crippen LogP contribution in [-0.4, -0.2) is 6.21 Å². The second-order valence-electron chi connectivity index (χ2n) is 3.96. The van der Waals surface area contributed by atoms with Crippen LogP contribution in [-0.2, 0) is 11.3 Å². The molecule has 2 rings (SSSR count). The van der Waals surface area contributed by atoms with Gasteiger partial charge in [0.25, 0.3) is 0 Å². The molecule has 0 aromatic heterocycles. The van der Waals surface area contributed by atoms with Gasteiger partial charge < -0.3 is 4.84 Å². The third-order valence-electron chi connectivity index (χ3n) is 2.75. The Morgan fingerprint density at radius 2 is 2.13 bits per heavy atom. The van der Waals surface area contributed by atoms with E-state index in [1.165, 1.54) is 30.4 Å². The Labute approximate surface area is 90.9 Å². The summed E-state index contributed by atoms with van der Waals surface area (Å²) in [5, 5.41) is 3.79. The molecular weight excluding hydrogens is 186 g/mol. The van der Waals surface area contributed by atoms with Crippen LogP contribution in [0.4, 0.5) is 0 Å². The number of oxime groups is 1. The van der Waals surface area contributed by atoms with E-state index in [0.29, 0.717) is 0 Å². The van der Waals surface area contributed by atoms with Crippen LogP contribution in [0.5, 0.6) is 0 Å². The standard InChI is InChI=1S/C13H17NO/c1-2-3-4-11-5-7-12(8-6-11)13-9-10-14-15-13/h5-8,10,13H,2-4,9H2,1H3. The Morgan fingerprint density at radius 1 is 1.33 bits per heavy atom. The molecule has 15 heavy (non-hydrogen) atoms. The van der Waals surface area contributed by atoms with Gasteiger partial charge in [0.15, 0.2) is 6.10 Å². The summed E-state index contributed by atoms with van der Waals surface area (Å²) in [5.41, 5.74) is 2.65. The lowest BCUT2D eigenvalue weighted by Crippen LogP contribution is -1.96. The van der Waals surface area contributed by atoms with Crippen molar-refractivity contribution in [2.45, 2.75) is 38.7 Å². The van der Waals surface area contributed by atoms with Gasteiger partial charge in [-0.3, -0.25) is 0 Å². The molecule has 1 aliphatic heterocycles. The van der Waals surface area contributed by atoms with Gasteiger partial charge in [-0.1, -0.05) is 42.8 Å². The van der Waals surface area contributed by atoms with Gasteiger partial charge in [0.1, 0.15) is 0 Å². The Morgan fingerprint density at radius 3 is 2.73 bits per heavy atom. The largest absolute Gasteiger partial charge is 0.388 e. The number of benzene rings is 1. The van der Waals surface area contributed by atoms with Gasteiger partial charge in [-0.2, -0.15) is 0 Å². The van der Waals surface area contributed by atoms with Gasteiger partial charge >= 0.3 is 0 Å². The molecule has 1 aromatic rings. The second kappa shape index (κ2) is 4.96. The zero-order valence-electron chi connectivity index (χ0n) is 9.15. The molecule has 1 atom stereocenters. The van der Waals surface area contributed by atoms with E-state index in [2.05, 4.69) is 36.3 Å². The Balaban J connectivity index is 1.97. The summed E-state index contributed by atoms with van der Waals surface area (Å²) in [6.45, 7) is 2.22. The Kier molecular flexibility index (Phi) is 3.38. The molecule has 1 unspecified atom stereocenters. The van der Waals surface area contributed by atoms with Crippen LogP contribution in [0.2, 0.25) is 0 Å². The minimum Gasteiger partial charge on any atom is -0.388 e. The van der Waals surface area contributed by atoms with Crippen LogP contribution >= 0.6 is 0 Å². The zero-order chi connectivity index (χ0) is 10.5. The fraction of sp³-hybridized carbons (Fsp3) is 0.462. The van der Waals surface area contributed by atoms with Crippen molar-refractivity contribution in [2.75, 3.05) is 0 Å². The molecule has 1 aromatic carbocycles. The van der Waals surface area contributed by atoms with Gasteiger partial charge in [-0.15, -0.1) is 0 Å². The van der Waals surface area contributed by atoms with E-state index in [1.807, 2.05) is 6.21 Å². The summed E-state index contributed by atoms with van der Waals surface area (Å²) < 4.78 is 0. The lowest BCUT2D eigenvalue weighted by atomic mass is 10.0. The normalized spacial score (nSPS) is 19.1. The summed E-state index contributed by atoms with van der Waals surface area (Å²) in [5.74, 6) is 0. The quantitative estimate of drug-likeness (QED) is 0.734. The van der Waals surface area contributed by atoms with Crippen molar-refractivity contribution in [3.63, 3.8) is 0 Å². The molecule has 80 valence electrons. The first-order valence-corrected chi connectivity index (χ1v) is 5.66. The van der Waals surface area contributed by atoms with Crippen LogP contribution in [0.25, 0.3) is 0 Å². The molecule has 0 radical (unpaired) electrons. The van der Waals surface area contributed by atoms with Crippen molar-refractivity contribution in [1.82, 2.24) is 0 Å². The maximum absolute atomic E-state index is 5.23. The van der Waals surface area contributed by atoms with E-state index in [4.69, 9.17) is 4.84 Å². The molecule has 0 amide bonds. The summed E-state index contributed by atoms with van der Waals surface area (Å²) in [6, 6.07) is 8.72. The third-order valence-corrected chi connectivity index (χ3v) is 2.75. The van der Waals surface area contributed by atoms with E-state index < -0.39 is 0 Å². The van der Waals surface area contributed by atoms with Crippen LogP contribution in [0, 0.1) is 0 Å². The van der Waals surface area contributed by atoms with E-state index in [-0.39, 0.29) is 6.10 Å². The fourth-order valence-corrected chi connectivity index (χ4v) is 1.78. The molecular formula is C13H17NO. The van der Waals surface area contributed by atoms with Crippen molar-refractivity contribution >= 4 is 6.21 Å². The first kappa shape index (κ1) is 10.2. The molecule has 0 N–H and O–H groups in total. The average molecular weight is 203 g/mol. The fourth-order valence-electron chi connectivity index (χ4n) is 1.78. The maximum Gasteiger partial charge on any atom is 0.157 e. The predicted molar refractivity (Wildman–Crippen MR) is 62.0 cm³/mol. The highest BCUT2D eigenvalue weighted by Gasteiger charge is 2.15. The van der Waals surface area contributed by atoms with Crippen molar-refractivity contribution in [3.8, 4) is 0 Å². The van der Waals surface area contributed by atoms with E-state index in [0.717, 1.165) is 6.42 Å². The van der Waals surface area contributed by atoms with E-state index in [9.17, 15) is 0 Å². The minimum atomic E-state index is 0.144. The number of nitrogens with zero attached hydrogens (tertiary/aromatic N) is 1. The summed E-state index contributed by atoms with van der Waals surface area (Å²) in [4.78, 5) is 5.23. The van der Waals surface area contributed by atoms with Gasteiger partial charge in [0.2, 0.25) is 0 Å². The van der Waals surface area contributed by atoms with Crippen LogP contribution in [0.1, 0.15) is 43.4 Å². The SMILES string of the molecule is CCCCc1ccc(C2CC=NO2)cc1. The number of rotatable bonds is 4. The van der Waals surface area contributed by atoms with Crippen LogP contribution < -0.4 is 0 Å². The summed E-state index contributed by atoms with van der Waals surface area (Å²) in [6.07, 6.45) is 6.57. The van der Waals surface area contributed by atoms with Gasteiger partial charge in [-0.05, 0) is 24.0 Å². The number of unbranched alkanes of at least 4 members (excludes halogenated alkanes) is 1. The molecule has 0 bridgehead atoms. The molecule has 2 nitrogen and oxygen atoms in total. The molecule has 2 heteroatoms. The van der Waals surface area contributed by atoms with E-state index in [1.54, 1.807) is 0 Å². The topological polar surface area (TPSA) is 21.6 Å². The lowest BCUT2D eigenvalue weighted by molar-refractivity contribution is 0.0858. The summed E-state index contributed by atoms with van der Waals surface area (Å²) in [7, 11) is 0. The number of hydrogen-bond acceptors (Lipinski definition) is 2. The highest BCUT2D eigenvalue weighted by atomic mass is 16.6. The van der Waals surface area contributed by atoms with Crippen LogP contribution in [0.3, 0.4) is 0 Å².